The Balaban J connectivity index is 1.74. The molecule has 0 aliphatic heterocycles. The largest absolute Gasteiger partial charge is 0.497 e. The fourth-order valence-electron chi connectivity index (χ4n) is 2.78. The minimum absolute atomic E-state index is 0.100. The summed E-state index contributed by atoms with van der Waals surface area (Å²) in [6.45, 7) is 0. The number of ether oxygens (including phenoxy) is 1. The molecule has 0 unspecified atom stereocenters. The second kappa shape index (κ2) is 8.15. The van der Waals surface area contributed by atoms with Crippen LogP contribution in [0, 0.1) is 0 Å². The van der Waals surface area contributed by atoms with Crippen molar-refractivity contribution in [3.8, 4) is 5.75 Å². The van der Waals surface area contributed by atoms with Gasteiger partial charge in [0.2, 0.25) is 0 Å². The van der Waals surface area contributed by atoms with Gasteiger partial charge in [-0.05, 0) is 42.2 Å². The summed E-state index contributed by atoms with van der Waals surface area (Å²) in [7, 11) is 1.61. The summed E-state index contributed by atoms with van der Waals surface area (Å²) in [6, 6.07) is 25.4. The van der Waals surface area contributed by atoms with Gasteiger partial charge < -0.3 is 10.1 Å². The van der Waals surface area contributed by atoms with Crippen LogP contribution in [0.2, 0.25) is 0 Å². The molecule has 3 aromatic rings. The van der Waals surface area contributed by atoms with Gasteiger partial charge in [0.25, 0.3) is 5.91 Å². The molecule has 126 valence electrons. The van der Waals surface area contributed by atoms with E-state index in [4.69, 9.17) is 4.74 Å². The monoisotopic (exact) mass is 331 g/mol. The topological polar surface area (TPSA) is 38.3 Å². The van der Waals surface area contributed by atoms with Crippen LogP contribution >= 0.6 is 0 Å². The second-order valence-corrected chi connectivity index (χ2v) is 5.83. The highest BCUT2D eigenvalue weighted by molar-refractivity contribution is 6.05. The summed E-state index contributed by atoms with van der Waals surface area (Å²) < 4.78 is 5.20. The molecule has 0 fully saturated rings. The van der Waals surface area contributed by atoms with Gasteiger partial charge in [-0.2, -0.15) is 0 Å². The fourth-order valence-corrected chi connectivity index (χ4v) is 2.78. The highest BCUT2D eigenvalue weighted by Crippen LogP contribution is 2.19. The Morgan fingerprint density at radius 2 is 1.64 bits per heavy atom. The highest BCUT2D eigenvalue weighted by Gasteiger charge is 2.11. The van der Waals surface area contributed by atoms with Crippen LogP contribution in [0.25, 0.3) is 0 Å². The summed E-state index contributed by atoms with van der Waals surface area (Å²) in [4.78, 5) is 12.7. The first kappa shape index (κ1) is 16.8. The number of hydrogen-bond acceptors (Lipinski definition) is 2. The Morgan fingerprint density at radius 3 is 2.44 bits per heavy atom. The number of aryl methyl sites for hydroxylation is 2. The van der Waals surface area contributed by atoms with Gasteiger partial charge in [-0.25, -0.2) is 0 Å². The third-order valence-electron chi connectivity index (χ3n) is 4.12. The van der Waals surface area contributed by atoms with E-state index in [1.165, 1.54) is 5.56 Å². The van der Waals surface area contributed by atoms with E-state index in [2.05, 4.69) is 17.4 Å². The number of carbonyl (C=O) groups excluding carboxylic acids is 1. The maximum atomic E-state index is 12.7. The Kier molecular flexibility index (Phi) is 5.47. The Morgan fingerprint density at radius 1 is 0.880 bits per heavy atom. The van der Waals surface area contributed by atoms with E-state index in [9.17, 15) is 4.79 Å². The Hall–Kier alpha value is -3.07. The van der Waals surface area contributed by atoms with E-state index in [1.807, 2.05) is 66.7 Å². The van der Waals surface area contributed by atoms with Crippen molar-refractivity contribution in [1.29, 1.82) is 0 Å². The van der Waals surface area contributed by atoms with Crippen LogP contribution in [0.3, 0.4) is 0 Å². The summed E-state index contributed by atoms with van der Waals surface area (Å²) >= 11 is 0. The van der Waals surface area contributed by atoms with Gasteiger partial charge in [0.05, 0.1) is 7.11 Å². The van der Waals surface area contributed by atoms with Crippen molar-refractivity contribution in [3.05, 3.63) is 95.6 Å². The Bertz CT molecular complexity index is 843. The van der Waals surface area contributed by atoms with E-state index >= 15 is 0 Å². The maximum Gasteiger partial charge on any atom is 0.255 e. The molecule has 3 rings (SSSR count). The van der Waals surface area contributed by atoms with Gasteiger partial charge in [-0.3, -0.25) is 4.79 Å². The lowest BCUT2D eigenvalue weighted by molar-refractivity contribution is 0.102. The molecule has 0 aliphatic rings. The second-order valence-electron chi connectivity index (χ2n) is 5.83. The number of hydrogen-bond donors (Lipinski definition) is 1. The number of benzene rings is 3. The van der Waals surface area contributed by atoms with Crippen LogP contribution in [-0.4, -0.2) is 13.0 Å². The van der Waals surface area contributed by atoms with E-state index in [0.717, 1.165) is 29.8 Å². The summed E-state index contributed by atoms with van der Waals surface area (Å²) in [5, 5.41) is 2.95. The van der Waals surface area contributed by atoms with E-state index in [-0.39, 0.29) is 5.91 Å². The van der Waals surface area contributed by atoms with E-state index < -0.39 is 0 Å². The van der Waals surface area contributed by atoms with Gasteiger partial charge in [0.1, 0.15) is 5.75 Å². The van der Waals surface area contributed by atoms with Gasteiger partial charge >= 0.3 is 0 Å². The molecule has 3 aromatic carbocycles. The van der Waals surface area contributed by atoms with E-state index in [0.29, 0.717) is 5.56 Å². The smallest absolute Gasteiger partial charge is 0.255 e. The quantitative estimate of drug-likeness (QED) is 0.709. The zero-order valence-electron chi connectivity index (χ0n) is 14.2. The van der Waals surface area contributed by atoms with Crippen LogP contribution in [-0.2, 0) is 12.8 Å². The maximum absolute atomic E-state index is 12.7. The van der Waals surface area contributed by atoms with Crippen LogP contribution in [0.1, 0.15) is 21.5 Å². The molecule has 0 atom stereocenters. The Labute approximate surface area is 148 Å². The first-order valence-corrected chi connectivity index (χ1v) is 8.33. The molecule has 0 radical (unpaired) electrons. The molecule has 0 aromatic heterocycles. The third kappa shape index (κ3) is 4.48. The van der Waals surface area contributed by atoms with Crippen molar-refractivity contribution in [2.24, 2.45) is 0 Å². The molecular weight excluding hydrogens is 310 g/mol. The normalized spacial score (nSPS) is 10.3. The standard InChI is InChI=1S/C22H21NO2/c1-25-20-12-7-11-19(16-20)23-22(24)21-13-6-5-10-18(21)15-14-17-8-3-2-4-9-17/h2-13,16H,14-15H2,1H3,(H,23,24). The van der Waals surface area contributed by atoms with Crippen molar-refractivity contribution in [3.63, 3.8) is 0 Å². The number of amides is 1. The zero-order chi connectivity index (χ0) is 17.5. The number of nitrogens with one attached hydrogen (secondary N) is 1. The average molecular weight is 331 g/mol. The molecular formula is C22H21NO2. The van der Waals surface area contributed by atoms with Gasteiger partial charge in [-0.1, -0.05) is 54.6 Å². The molecule has 0 spiro atoms. The lowest BCUT2D eigenvalue weighted by Crippen LogP contribution is -2.14. The van der Waals surface area contributed by atoms with Crippen LogP contribution in [0.15, 0.2) is 78.9 Å². The minimum atomic E-state index is -0.100. The first-order chi connectivity index (χ1) is 12.3. The molecule has 0 aliphatic carbocycles. The van der Waals surface area contributed by atoms with Gasteiger partial charge in [0, 0.05) is 17.3 Å². The zero-order valence-corrected chi connectivity index (χ0v) is 14.2. The molecule has 3 heteroatoms. The number of methoxy groups -OCH3 is 1. The third-order valence-corrected chi connectivity index (χ3v) is 4.12. The molecule has 1 N–H and O–H groups in total. The summed E-state index contributed by atoms with van der Waals surface area (Å²) in [6.07, 6.45) is 1.73. The highest BCUT2D eigenvalue weighted by atomic mass is 16.5. The molecule has 0 saturated carbocycles. The molecule has 25 heavy (non-hydrogen) atoms. The van der Waals surface area contributed by atoms with Crippen molar-refractivity contribution < 1.29 is 9.53 Å². The van der Waals surface area contributed by atoms with Crippen LogP contribution < -0.4 is 10.1 Å². The number of anilines is 1. The fraction of sp³-hybridized carbons (Fsp3) is 0.136. The lowest BCUT2D eigenvalue weighted by Gasteiger charge is -2.11. The van der Waals surface area contributed by atoms with E-state index in [1.54, 1.807) is 7.11 Å². The summed E-state index contributed by atoms with van der Waals surface area (Å²) in [5.74, 6) is 0.618. The van der Waals surface area contributed by atoms with Gasteiger partial charge in [0.15, 0.2) is 0 Å². The predicted octanol–water partition coefficient (Wildman–Crippen LogP) is 4.73. The lowest BCUT2D eigenvalue weighted by atomic mass is 9.99. The molecule has 0 saturated heterocycles. The van der Waals surface area contributed by atoms with Crippen LogP contribution in [0.4, 0.5) is 5.69 Å². The predicted molar refractivity (Wildman–Crippen MR) is 101 cm³/mol. The molecule has 3 nitrogen and oxygen atoms in total. The SMILES string of the molecule is COc1cccc(NC(=O)c2ccccc2CCc2ccccc2)c1. The molecule has 1 amide bonds. The van der Waals surface area contributed by atoms with Crippen molar-refractivity contribution >= 4 is 11.6 Å². The molecule has 0 bridgehead atoms. The number of carbonyl (C=O) groups is 1. The number of rotatable bonds is 6. The van der Waals surface area contributed by atoms with Crippen molar-refractivity contribution in [2.45, 2.75) is 12.8 Å². The van der Waals surface area contributed by atoms with Crippen LogP contribution in [0.5, 0.6) is 5.75 Å². The molecule has 0 heterocycles. The first-order valence-electron chi connectivity index (χ1n) is 8.33. The van der Waals surface area contributed by atoms with Crippen molar-refractivity contribution in [2.75, 3.05) is 12.4 Å². The van der Waals surface area contributed by atoms with Crippen molar-refractivity contribution in [1.82, 2.24) is 0 Å². The summed E-state index contributed by atoms with van der Waals surface area (Å²) in [5.41, 5.74) is 3.75. The minimum Gasteiger partial charge on any atom is -0.497 e. The average Bonchev–Trinajstić information content (AvgIpc) is 2.67. The van der Waals surface area contributed by atoms with Gasteiger partial charge in [-0.15, -0.1) is 0 Å².